The van der Waals surface area contributed by atoms with Gasteiger partial charge in [0, 0.05) is 6.54 Å². The summed E-state index contributed by atoms with van der Waals surface area (Å²) >= 11 is 1.32. The van der Waals surface area contributed by atoms with Crippen LogP contribution in [0.1, 0.15) is 38.2 Å². The summed E-state index contributed by atoms with van der Waals surface area (Å²) in [5.41, 5.74) is 1.45. The Bertz CT molecular complexity index is 945. The SMILES string of the molecule is CCCCCCNC(=O)CSc1nnc(-c2ccccc2F)n1Cc1ccccc1. The van der Waals surface area contributed by atoms with Crippen LogP contribution >= 0.6 is 11.8 Å². The van der Waals surface area contributed by atoms with Crippen molar-refractivity contribution in [1.82, 2.24) is 20.1 Å². The first-order valence-electron chi connectivity index (χ1n) is 10.3. The Hall–Kier alpha value is -2.67. The molecule has 1 N–H and O–H groups in total. The number of rotatable bonds is 11. The van der Waals surface area contributed by atoms with E-state index in [2.05, 4.69) is 22.4 Å². The molecule has 0 fully saturated rings. The molecule has 1 heterocycles. The van der Waals surface area contributed by atoms with Gasteiger partial charge in [-0.15, -0.1) is 10.2 Å². The number of unbranched alkanes of at least 4 members (excludes halogenated alkanes) is 3. The van der Waals surface area contributed by atoms with Gasteiger partial charge in [-0.2, -0.15) is 0 Å². The van der Waals surface area contributed by atoms with Crippen molar-refractivity contribution in [2.24, 2.45) is 0 Å². The third-order valence-electron chi connectivity index (χ3n) is 4.70. The van der Waals surface area contributed by atoms with Crippen molar-refractivity contribution in [2.75, 3.05) is 12.3 Å². The minimum atomic E-state index is -0.347. The van der Waals surface area contributed by atoms with Crippen LogP contribution in [-0.2, 0) is 11.3 Å². The molecule has 0 aliphatic carbocycles. The molecule has 0 saturated heterocycles. The Kier molecular flexibility index (Phi) is 8.44. The zero-order chi connectivity index (χ0) is 21.2. The molecule has 0 radical (unpaired) electrons. The van der Waals surface area contributed by atoms with Crippen LogP contribution in [0.2, 0.25) is 0 Å². The average Bonchev–Trinajstić information content (AvgIpc) is 3.15. The van der Waals surface area contributed by atoms with Crippen molar-refractivity contribution in [3.05, 3.63) is 66.0 Å². The first kappa shape index (κ1) is 22.0. The van der Waals surface area contributed by atoms with E-state index >= 15 is 0 Å². The molecule has 0 bridgehead atoms. The van der Waals surface area contributed by atoms with Gasteiger partial charge in [0.15, 0.2) is 11.0 Å². The van der Waals surface area contributed by atoms with Crippen LogP contribution in [-0.4, -0.2) is 33.0 Å². The van der Waals surface area contributed by atoms with Gasteiger partial charge in [0.05, 0.1) is 17.9 Å². The molecule has 0 atom stereocenters. The number of carbonyl (C=O) groups is 1. The third-order valence-corrected chi connectivity index (χ3v) is 5.67. The van der Waals surface area contributed by atoms with E-state index in [0.29, 0.717) is 29.6 Å². The summed E-state index contributed by atoms with van der Waals surface area (Å²) in [6.45, 7) is 3.35. The van der Waals surface area contributed by atoms with E-state index in [1.54, 1.807) is 18.2 Å². The summed E-state index contributed by atoms with van der Waals surface area (Å²) in [6, 6.07) is 16.4. The normalized spacial score (nSPS) is 10.9. The lowest BCUT2D eigenvalue weighted by atomic mass is 10.2. The third kappa shape index (κ3) is 6.16. The maximum absolute atomic E-state index is 14.4. The minimum absolute atomic E-state index is 0.0294. The molecule has 30 heavy (non-hydrogen) atoms. The molecule has 0 aliphatic rings. The Morgan fingerprint density at radius 2 is 1.80 bits per heavy atom. The molecular weight excluding hydrogens is 399 g/mol. The summed E-state index contributed by atoms with van der Waals surface area (Å²) in [7, 11) is 0. The number of hydrogen-bond acceptors (Lipinski definition) is 4. The Morgan fingerprint density at radius 3 is 2.57 bits per heavy atom. The molecular formula is C23H27FN4OS. The second kappa shape index (κ2) is 11.5. The first-order valence-corrected chi connectivity index (χ1v) is 11.3. The van der Waals surface area contributed by atoms with Gasteiger partial charge in [0.2, 0.25) is 5.91 Å². The van der Waals surface area contributed by atoms with Crippen LogP contribution in [0.15, 0.2) is 59.8 Å². The highest BCUT2D eigenvalue weighted by Gasteiger charge is 2.18. The number of carbonyl (C=O) groups excluding carboxylic acids is 1. The van der Waals surface area contributed by atoms with Gasteiger partial charge in [-0.25, -0.2) is 4.39 Å². The zero-order valence-corrected chi connectivity index (χ0v) is 18.0. The van der Waals surface area contributed by atoms with Crippen LogP contribution in [0, 0.1) is 5.82 Å². The van der Waals surface area contributed by atoms with E-state index in [1.807, 2.05) is 34.9 Å². The minimum Gasteiger partial charge on any atom is -0.355 e. The number of amides is 1. The van der Waals surface area contributed by atoms with Crippen LogP contribution in [0.25, 0.3) is 11.4 Å². The number of benzene rings is 2. The summed E-state index contributed by atoms with van der Waals surface area (Å²) < 4.78 is 16.3. The van der Waals surface area contributed by atoms with E-state index < -0.39 is 0 Å². The fraction of sp³-hybridized carbons (Fsp3) is 0.348. The van der Waals surface area contributed by atoms with Crippen LogP contribution < -0.4 is 5.32 Å². The number of thioether (sulfide) groups is 1. The Morgan fingerprint density at radius 1 is 1.03 bits per heavy atom. The summed E-state index contributed by atoms with van der Waals surface area (Å²) in [4.78, 5) is 12.2. The number of nitrogens with one attached hydrogen (secondary N) is 1. The monoisotopic (exact) mass is 426 g/mol. The highest BCUT2D eigenvalue weighted by molar-refractivity contribution is 7.99. The van der Waals surface area contributed by atoms with E-state index in [0.717, 1.165) is 18.4 Å². The van der Waals surface area contributed by atoms with Gasteiger partial charge in [-0.3, -0.25) is 9.36 Å². The van der Waals surface area contributed by atoms with E-state index in [1.165, 1.54) is 30.7 Å². The maximum atomic E-state index is 14.4. The van der Waals surface area contributed by atoms with Gasteiger partial charge in [0.25, 0.3) is 0 Å². The molecule has 1 amide bonds. The van der Waals surface area contributed by atoms with Gasteiger partial charge in [-0.05, 0) is 24.1 Å². The molecule has 0 spiro atoms. The van der Waals surface area contributed by atoms with Crippen molar-refractivity contribution < 1.29 is 9.18 Å². The number of halogens is 1. The molecule has 158 valence electrons. The zero-order valence-electron chi connectivity index (χ0n) is 17.2. The van der Waals surface area contributed by atoms with Crippen molar-refractivity contribution in [3.63, 3.8) is 0 Å². The van der Waals surface area contributed by atoms with E-state index in [-0.39, 0.29) is 17.5 Å². The van der Waals surface area contributed by atoms with Gasteiger partial charge >= 0.3 is 0 Å². The number of nitrogens with zero attached hydrogens (tertiary/aromatic N) is 3. The van der Waals surface area contributed by atoms with Crippen LogP contribution in [0.4, 0.5) is 4.39 Å². The lowest BCUT2D eigenvalue weighted by Gasteiger charge is -2.11. The second-order valence-electron chi connectivity index (χ2n) is 7.06. The van der Waals surface area contributed by atoms with E-state index in [4.69, 9.17) is 0 Å². The predicted octanol–water partition coefficient (Wildman–Crippen LogP) is 4.92. The van der Waals surface area contributed by atoms with Crippen molar-refractivity contribution in [1.29, 1.82) is 0 Å². The van der Waals surface area contributed by atoms with Crippen LogP contribution in [0.5, 0.6) is 0 Å². The Balaban J connectivity index is 1.72. The predicted molar refractivity (Wildman–Crippen MR) is 119 cm³/mol. The standard InChI is InChI=1S/C23H27FN4OS/c1-2-3-4-10-15-25-21(29)17-30-23-27-26-22(19-13-8-9-14-20(19)24)28(23)16-18-11-6-5-7-12-18/h5-9,11-14H,2-4,10,15-17H2,1H3,(H,25,29). The largest absolute Gasteiger partial charge is 0.355 e. The lowest BCUT2D eigenvalue weighted by Crippen LogP contribution is -2.26. The highest BCUT2D eigenvalue weighted by atomic mass is 32.2. The molecule has 0 unspecified atom stereocenters. The molecule has 7 heteroatoms. The summed E-state index contributed by atoms with van der Waals surface area (Å²) in [5, 5.41) is 12.0. The fourth-order valence-electron chi connectivity index (χ4n) is 3.11. The summed E-state index contributed by atoms with van der Waals surface area (Å²) in [5.74, 6) is 0.330. The number of aromatic nitrogens is 3. The van der Waals surface area contributed by atoms with E-state index in [9.17, 15) is 9.18 Å². The second-order valence-corrected chi connectivity index (χ2v) is 8.00. The smallest absolute Gasteiger partial charge is 0.230 e. The molecule has 5 nitrogen and oxygen atoms in total. The van der Waals surface area contributed by atoms with Gasteiger partial charge < -0.3 is 5.32 Å². The molecule has 1 aromatic heterocycles. The molecule has 3 rings (SSSR count). The number of hydrogen-bond donors (Lipinski definition) is 1. The summed E-state index contributed by atoms with van der Waals surface area (Å²) in [6.07, 6.45) is 4.48. The average molecular weight is 427 g/mol. The highest BCUT2D eigenvalue weighted by Crippen LogP contribution is 2.26. The topological polar surface area (TPSA) is 59.8 Å². The Labute approximate surface area is 181 Å². The molecule has 2 aromatic carbocycles. The van der Waals surface area contributed by atoms with Gasteiger partial charge in [-0.1, -0.05) is 80.4 Å². The van der Waals surface area contributed by atoms with Crippen molar-refractivity contribution in [2.45, 2.75) is 44.3 Å². The van der Waals surface area contributed by atoms with Crippen LogP contribution in [0.3, 0.4) is 0 Å². The van der Waals surface area contributed by atoms with Gasteiger partial charge in [0.1, 0.15) is 5.82 Å². The maximum Gasteiger partial charge on any atom is 0.230 e. The fourth-order valence-corrected chi connectivity index (χ4v) is 3.87. The first-order chi connectivity index (χ1) is 14.7. The van der Waals surface area contributed by atoms with Crippen molar-refractivity contribution >= 4 is 17.7 Å². The molecule has 0 aliphatic heterocycles. The lowest BCUT2D eigenvalue weighted by molar-refractivity contribution is -0.118. The molecule has 3 aromatic rings. The van der Waals surface area contributed by atoms with Crippen molar-refractivity contribution in [3.8, 4) is 11.4 Å². The quantitative estimate of drug-likeness (QED) is 0.349. The molecule has 0 saturated carbocycles.